The fourth-order valence-corrected chi connectivity index (χ4v) is 1.43. The highest BCUT2D eigenvalue weighted by Crippen LogP contribution is 2.21. The largest absolute Gasteiger partial charge is 0.479 e. The first kappa shape index (κ1) is 14.2. The number of hydrogen-bond donors (Lipinski definition) is 1. The molecule has 1 rings (SSSR count). The number of hydrogen-bond acceptors (Lipinski definition) is 4. The smallest absolute Gasteiger partial charge is 0.341 e. The molecule has 94 valence electrons. The number of halogens is 1. The van der Waals surface area contributed by atoms with Crippen molar-refractivity contribution in [2.75, 3.05) is 0 Å². The lowest BCUT2D eigenvalue weighted by atomic mass is 9.99. The van der Waals surface area contributed by atoms with Crippen molar-refractivity contribution in [1.29, 1.82) is 0 Å². The highest BCUT2D eigenvalue weighted by atomic mass is 79.9. The van der Waals surface area contributed by atoms with Gasteiger partial charge in [-0.1, -0.05) is 22.0 Å². The molecule has 18 heavy (non-hydrogen) atoms. The fraction of sp³-hybridized carbons (Fsp3) is 0.167. The van der Waals surface area contributed by atoms with Crippen LogP contribution in [0.2, 0.25) is 0 Å². The molecular weight excluding hydrogens is 300 g/mol. The van der Waals surface area contributed by atoms with Crippen LogP contribution in [0.4, 0.5) is 5.69 Å². The highest BCUT2D eigenvalue weighted by Gasteiger charge is 2.37. The maximum Gasteiger partial charge on any atom is 0.341 e. The summed E-state index contributed by atoms with van der Waals surface area (Å²) in [6.45, 7) is 3.41. The Bertz CT molecular complexity index is 485. The van der Waals surface area contributed by atoms with Gasteiger partial charge in [-0.15, -0.1) is 6.58 Å². The van der Waals surface area contributed by atoms with E-state index >= 15 is 0 Å². The van der Waals surface area contributed by atoms with Gasteiger partial charge >= 0.3 is 5.97 Å². The molecule has 0 aliphatic carbocycles. The summed E-state index contributed by atoms with van der Waals surface area (Å²) in [6.07, 6.45) is 1.48. The Kier molecular flexibility index (Phi) is 4.91. The molecule has 1 atom stereocenters. The molecule has 0 aliphatic rings. The third kappa shape index (κ3) is 3.33. The number of carbonyl (C=O) groups excluding carboxylic acids is 1. The molecule has 0 saturated carbocycles. The zero-order chi connectivity index (χ0) is 13.6. The molecule has 0 aliphatic heterocycles. The third-order valence-corrected chi connectivity index (χ3v) is 2.72. The van der Waals surface area contributed by atoms with Gasteiger partial charge in [0.2, 0.25) is 5.54 Å². The minimum atomic E-state index is -1.89. The van der Waals surface area contributed by atoms with Crippen LogP contribution in [0.3, 0.4) is 0 Å². The molecule has 6 heteroatoms. The first-order chi connectivity index (χ1) is 8.54. The predicted octanol–water partition coefficient (Wildman–Crippen LogP) is 3.13. The number of rotatable bonds is 6. The van der Waals surface area contributed by atoms with Gasteiger partial charge in [-0.3, -0.25) is 4.79 Å². The number of carboxylic acids is 1. The van der Waals surface area contributed by atoms with Crippen molar-refractivity contribution < 1.29 is 14.7 Å². The molecular formula is C12H11BrN2O3. The number of azo groups is 1. The standard InChI is InChI=1S/C12H11BrN2O3/c1-2-7-12(8-16,11(17)18)15-14-10-5-3-9(13)4-6-10/h2-6,8H,1,7H2,(H,17,18). The molecule has 0 spiro atoms. The van der Waals surface area contributed by atoms with Crippen LogP contribution in [0.25, 0.3) is 0 Å². The minimum absolute atomic E-state index is 0.105. The summed E-state index contributed by atoms with van der Waals surface area (Å²) in [7, 11) is 0. The normalized spacial score (nSPS) is 14.1. The Balaban J connectivity index is 3.02. The monoisotopic (exact) mass is 310 g/mol. The molecule has 0 heterocycles. The minimum Gasteiger partial charge on any atom is -0.479 e. The van der Waals surface area contributed by atoms with Crippen molar-refractivity contribution >= 4 is 33.9 Å². The van der Waals surface area contributed by atoms with Gasteiger partial charge < -0.3 is 5.11 Å². The van der Waals surface area contributed by atoms with E-state index in [1.54, 1.807) is 24.3 Å². The van der Waals surface area contributed by atoms with Gasteiger partial charge in [0.05, 0.1) is 5.69 Å². The van der Waals surface area contributed by atoms with Crippen LogP contribution in [-0.4, -0.2) is 22.9 Å². The molecule has 0 saturated heterocycles. The maximum atomic E-state index is 11.1. The molecule has 0 bridgehead atoms. The number of benzene rings is 1. The van der Waals surface area contributed by atoms with Gasteiger partial charge in [0.25, 0.3) is 0 Å². The van der Waals surface area contributed by atoms with Crippen LogP contribution in [0.5, 0.6) is 0 Å². The lowest BCUT2D eigenvalue weighted by Crippen LogP contribution is -2.37. The number of carboxylic acid groups (broad SMARTS) is 1. The second-order valence-electron chi connectivity index (χ2n) is 3.52. The number of aldehydes is 1. The van der Waals surface area contributed by atoms with Gasteiger partial charge in [0, 0.05) is 10.9 Å². The van der Waals surface area contributed by atoms with Crippen LogP contribution in [-0.2, 0) is 9.59 Å². The second kappa shape index (κ2) is 6.20. The van der Waals surface area contributed by atoms with Gasteiger partial charge in [0.1, 0.15) is 0 Å². The predicted molar refractivity (Wildman–Crippen MR) is 69.9 cm³/mol. The van der Waals surface area contributed by atoms with Crippen molar-refractivity contribution in [3.8, 4) is 0 Å². The SMILES string of the molecule is C=CCC(C=O)(N=Nc1ccc(Br)cc1)C(=O)O. The van der Waals surface area contributed by atoms with Crippen LogP contribution in [0, 0.1) is 0 Å². The summed E-state index contributed by atoms with van der Waals surface area (Å²) in [6, 6.07) is 6.79. The van der Waals surface area contributed by atoms with Crippen molar-refractivity contribution in [2.45, 2.75) is 12.0 Å². The Labute approximate surface area is 112 Å². The summed E-state index contributed by atoms with van der Waals surface area (Å²) in [4.78, 5) is 22.0. The molecule has 1 aromatic rings. The topological polar surface area (TPSA) is 79.1 Å². The molecule has 0 amide bonds. The summed E-state index contributed by atoms with van der Waals surface area (Å²) >= 11 is 3.26. The van der Waals surface area contributed by atoms with E-state index in [4.69, 9.17) is 5.11 Å². The molecule has 0 radical (unpaired) electrons. The van der Waals surface area contributed by atoms with E-state index in [2.05, 4.69) is 32.7 Å². The average Bonchev–Trinajstić information content (AvgIpc) is 2.36. The Morgan fingerprint density at radius 2 is 2.06 bits per heavy atom. The van der Waals surface area contributed by atoms with Gasteiger partial charge in [-0.25, -0.2) is 4.79 Å². The third-order valence-electron chi connectivity index (χ3n) is 2.19. The van der Waals surface area contributed by atoms with Crippen LogP contribution < -0.4 is 0 Å². The Hall–Kier alpha value is -1.82. The second-order valence-corrected chi connectivity index (χ2v) is 4.43. The fourth-order valence-electron chi connectivity index (χ4n) is 1.17. The van der Waals surface area contributed by atoms with E-state index in [0.29, 0.717) is 5.69 Å². The van der Waals surface area contributed by atoms with E-state index in [1.165, 1.54) is 6.08 Å². The zero-order valence-corrected chi connectivity index (χ0v) is 11.0. The number of nitrogens with zero attached hydrogens (tertiary/aromatic N) is 2. The van der Waals surface area contributed by atoms with E-state index in [0.717, 1.165) is 4.47 Å². The molecule has 1 aromatic carbocycles. The zero-order valence-electron chi connectivity index (χ0n) is 9.41. The summed E-state index contributed by atoms with van der Waals surface area (Å²) < 4.78 is 0.868. The Morgan fingerprint density at radius 1 is 1.44 bits per heavy atom. The van der Waals surface area contributed by atoms with Crippen LogP contribution in [0.1, 0.15) is 6.42 Å². The first-order valence-electron chi connectivity index (χ1n) is 5.03. The maximum absolute atomic E-state index is 11.1. The van der Waals surface area contributed by atoms with Crippen molar-refractivity contribution in [3.63, 3.8) is 0 Å². The van der Waals surface area contributed by atoms with E-state index in [9.17, 15) is 9.59 Å². The van der Waals surface area contributed by atoms with Crippen molar-refractivity contribution in [1.82, 2.24) is 0 Å². The summed E-state index contributed by atoms with van der Waals surface area (Å²) in [5.41, 5.74) is -1.43. The molecule has 1 N–H and O–H groups in total. The molecule has 5 nitrogen and oxygen atoms in total. The first-order valence-corrected chi connectivity index (χ1v) is 5.82. The number of aliphatic carboxylic acids is 1. The van der Waals surface area contributed by atoms with Gasteiger partial charge in [-0.05, 0) is 24.3 Å². The molecule has 1 unspecified atom stereocenters. The molecule has 0 fully saturated rings. The van der Waals surface area contributed by atoms with Gasteiger partial charge in [0.15, 0.2) is 6.29 Å². The molecule has 0 aromatic heterocycles. The Morgan fingerprint density at radius 3 is 2.50 bits per heavy atom. The summed E-state index contributed by atoms with van der Waals surface area (Å²) in [5.74, 6) is -1.35. The van der Waals surface area contributed by atoms with E-state index < -0.39 is 11.5 Å². The number of carbonyl (C=O) groups is 2. The lowest BCUT2D eigenvalue weighted by Gasteiger charge is -2.14. The van der Waals surface area contributed by atoms with Crippen LogP contribution >= 0.6 is 15.9 Å². The van der Waals surface area contributed by atoms with Gasteiger partial charge in [-0.2, -0.15) is 10.2 Å². The summed E-state index contributed by atoms with van der Waals surface area (Å²) in [5, 5.41) is 16.4. The van der Waals surface area contributed by atoms with Crippen LogP contribution in [0.15, 0.2) is 51.6 Å². The highest BCUT2D eigenvalue weighted by molar-refractivity contribution is 9.10. The van der Waals surface area contributed by atoms with Crippen molar-refractivity contribution in [2.24, 2.45) is 10.2 Å². The lowest BCUT2D eigenvalue weighted by molar-refractivity contribution is -0.145. The van der Waals surface area contributed by atoms with E-state index in [-0.39, 0.29) is 12.7 Å². The quantitative estimate of drug-likeness (QED) is 0.379. The van der Waals surface area contributed by atoms with Crippen molar-refractivity contribution in [3.05, 3.63) is 41.4 Å². The average molecular weight is 311 g/mol. The van der Waals surface area contributed by atoms with E-state index in [1.807, 2.05) is 0 Å².